The number of carbonyl (C=O) groups is 1. The minimum Gasteiger partial charge on any atom is -0.366 e. The van der Waals surface area contributed by atoms with Crippen LogP contribution in [0.2, 0.25) is 0 Å². The fraction of sp³-hybridized carbons (Fsp3) is 0. The molecule has 0 atom stereocenters. The molecule has 3 N–H and O–H groups in total. The van der Waals surface area contributed by atoms with Crippen LogP contribution in [0.3, 0.4) is 0 Å². The number of anilines is 2. The maximum absolute atomic E-state index is 11.4. The van der Waals surface area contributed by atoms with E-state index in [4.69, 9.17) is 0 Å². The van der Waals surface area contributed by atoms with Gasteiger partial charge < -0.3 is 15.6 Å². The lowest BCUT2D eigenvalue weighted by molar-refractivity contribution is 0.262. The minimum atomic E-state index is -0.289. The van der Waals surface area contributed by atoms with E-state index in [0.29, 0.717) is 5.69 Å². The van der Waals surface area contributed by atoms with E-state index in [1.165, 1.54) is 0 Å². The zero-order chi connectivity index (χ0) is 10.5. The number of hydrogen-bond donors (Lipinski definition) is 3. The van der Waals surface area contributed by atoms with Crippen molar-refractivity contribution in [3.05, 3.63) is 43.0 Å². The number of aromatic nitrogens is 2. The van der Waals surface area contributed by atoms with Gasteiger partial charge in [0.2, 0.25) is 0 Å². The van der Waals surface area contributed by atoms with Gasteiger partial charge in [-0.1, -0.05) is 0 Å². The Balaban J connectivity index is 1.94. The van der Waals surface area contributed by atoms with Crippen LogP contribution in [0, 0.1) is 0 Å². The number of nitrogens with zero attached hydrogens (tertiary/aromatic N) is 1. The summed E-state index contributed by atoms with van der Waals surface area (Å²) in [5, 5.41) is 5.32. The molecule has 15 heavy (non-hydrogen) atoms. The molecule has 5 heteroatoms. The Morgan fingerprint density at radius 3 is 2.80 bits per heavy atom. The summed E-state index contributed by atoms with van der Waals surface area (Å²) in [6, 6.07) is 5.00. The molecule has 2 rings (SSSR count). The molecule has 0 aliphatic rings. The second-order valence-corrected chi connectivity index (χ2v) is 2.92. The molecule has 0 saturated carbocycles. The first-order valence-corrected chi connectivity index (χ1v) is 4.45. The SMILES string of the molecule is O=C(Nc1cccnc1)Nc1cc[nH]c1. The van der Waals surface area contributed by atoms with Gasteiger partial charge in [0.25, 0.3) is 0 Å². The monoisotopic (exact) mass is 202 g/mol. The Hall–Kier alpha value is -2.30. The van der Waals surface area contributed by atoms with Gasteiger partial charge in [-0.15, -0.1) is 0 Å². The van der Waals surface area contributed by atoms with E-state index in [-0.39, 0.29) is 6.03 Å². The number of aromatic amines is 1. The molecule has 0 unspecified atom stereocenters. The van der Waals surface area contributed by atoms with Gasteiger partial charge in [0.1, 0.15) is 0 Å². The number of carbonyl (C=O) groups excluding carboxylic acids is 1. The molecule has 0 aromatic carbocycles. The summed E-state index contributed by atoms with van der Waals surface area (Å²) in [6.07, 6.45) is 6.66. The zero-order valence-corrected chi connectivity index (χ0v) is 7.90. The standard InChI is InChI=1S/C10H10N4O/c15-10(14-9-3-5-12-7-9)13-8-2-1-4-11-6-8/h1-7,12H,(H2,13,14,15). The minimum absolute atomic E-state index is 0.289. The molecule has 2 amide bonds. The van der Waals surface area contributed by atoms with E-state index >= 15 is 0 Å². The lowest BCUT2D eigenvalue weighted by Crippen LogP contribution is -2.19. The molecule has 2 aromatic heterocycles. The van der Waals surface area contributed by atoms with E-state index in [1.807, 2.05) is 0 Å². The molecule has 2 aromatic rings. The predicted molar refractivity (Wildman–Crippen MR) is 57.7 cm³/mol. The third kappa shape index (κ3) is 2.57. The number of amides is 2. The van der Waals surface area contributed by atoms with Gasteiger partial charge in [0.15, 0.2) is 0 Å². The Morgan fingerprint density at radius 2 is 2.13 bits per heavy atom. The average Bonchev–Trinajstić information content (AvgIpc) is 2.71. The predicted octanol–water partition coefficient (Wildman–Crippen LogP) is 2.05. The quantitative estimate of drug-likeness (QED) is 0.697. The maximum Gasteiger partial charge on any atom is 0.323 e. The summed E-state index contributed by atoms with van der Waals surface area (Å²) in [5.74, 6) is 0. The van der Waals surface area contributed by atoms with Gasteiger partial charge in [-0.25, -0.2) is 4.79 Å². The summed E-state index contributed by atoms with van der Waals surface area (Å²) in [6.45, 7) is 0. The van der Waals surface area contributed by atoms with Crippen molar-refractivity contribution in [3.8, 4) is 0 Å². The molecule has 0 radical (unpaired) electrons. The van der Waals surface area contributed by atoms with Gasteiger partial charge in [-0.2, -0.15) is 0 Å². The van der Waals surface area contributed by atoms with Gasteiger partial charge in [-0.05, 0) is 18.2 Å². The second-order valence-electron chi connectivity index (χ2n) is 2.92. The largest absolute Gasteiger partial charge is 0.366 e. The molecule has 0 fully saturated rings. The number of hydrogen-bond acceptors (Lipinski definition) is 2. The van der Waals surface area contributed by atoms with Crippen molar-refractivity contribution >= 4 is 17.4 Å². The van der Waals surface area contributed by atoms with Crippen molar-refractivity contribution in [2.45, 2.75) is 0 Å². The van der Waals surface area contributed by atoms with Crippen LogP contribution in [0.4, 0.5) is 16.2 Å². The lowest BCUT2D eigenvalue weighted by atomic mass is 10.4. The van der Waals surface area contributed by atoms with Crippen LogP contribution < -0.4 is 10.6 Å². The van der Waals surface area contributed by atoms with Crippen LogP contribution in [0.1, 0.15) is 0 Å². The first kappa shape index (κ1) is 9.26. The number of rotatable bonds is 2. The third-order valence-corrected chi connectivity index (χ3v) is 1.78. The van der Waals surface area contributed by atoms with Crippen LogP contribution in [-0.4, -0.2) is 16.0 Å². The molecule has 5 nitrogen and oxygen atoms in total. The second kappa shape index (κ2) is 4.28. The molecule has 76 valence electrons. The van der Waals surface area contributed by atoms with Crippen molar-refractivity contribution in [1.29, 1.82) is 0 Å². The Morgan fingerprint density at radius 1 is 1.27 bits per heavy atom. The summed E-state index contributed by atoms with van der Waals surface area (Å²) in [7, 11) is 0. The molecular weight excluding hydrogens is 192 g/mol. The highest BCUT2D eigenvalue weighted by atomic mass is 16.2. The third-order valence-electron chi connectivity index (χ3n) is 1.78. The van der Waals surface area contributed by atoms with Crippen molar-refractivity contribution in [2.24, 2.45) is 0 Å². The molecule has 0 aliphatic heterocycles. The van der Waals surface area contributed by atoms with Crippen molar-refractivity contribution in [2.75, 3.05) is 10.6 Å². The van der Waals surface area contributed by atoms with E-state index < -0.39 is 0 Å². The molecule has 0 aliphatic carbocycles. The number of urea groups is 1. The average molecular weight is 202 g/mol. The van der Waals surface area contributed by atoms with Crippen molar-refractivity contribution < 1.29 is 4.79 Å². The summed E-state index contributed by atoms with van der Waals surface area (Å²) in [5.41, 5.74) is 1.38. The zero-order valence-electron chi connectivity index (χ0n) is 7.90. The number of pyridine rings is 1. The summed E-state index contributed by atoms with van der Waals surface area (Å²) >= 11 is 0. The van der Waals surface area contributed by atoms with E-state index in [9.17, 15) is 4.79 Å². The molecule has 0 bridgehead atoms. The normalized spacial score (nSPS) is 9.60. The molecule has 0 spiro atoms. The van der Waals surface area contributed by atoms with E-state index in [1.54, 1.807) is 43.0 Å². The van der Waals surface area contributed by atoms with E-state index in [2.05, 4.69) is 20.6 Å². The number of nitrogens with one attached hydrogen (secondary N) is 3. The topological polar surface area (TPSA) is 69.8 Å². The summed E-state index contributed by atoms with van der Waals surface area (Å²) < 4.78 is 0. The van der Waals surface area contributed by atoms with Gasteiger partial charge in [-0.3, -0.25) is 4.98 Å². The van der Waals surface area contributed by atoms with Gasteiger partial charge in [0.05, 0.1) is 17.6 Å². The Labute approximate surface area is 86.5 Å². The van der Waals surface area contributed by atoms with Crippen LogP contribution in [0.5, 0.6) is 0 Å². The fourth-order valence-corrected chi connectivity index (χ4v) is 1.13. The van der Waals surface area contributed by atoms with Gasteiger partial charge in [0, 0.05) is 18.6 Å². The Kier molecular flexibility index (Phi) is 2.64. The number of H-pyrrole nitrogens is 1. The smallest absolute Gasteiger partial charge is 0.323 e. The first-order valence-electron chi connectivity index (χ1n) is 4.45. The fourth-order valence-electron chi connectivity index (χ4n) is 1.13. The molecule has 2 heterocycles. The maximum atomic E-state index is 11.4. The van der Waals surface area contributed by atoms with Crippen LogP contribution in [0.25, 0.3) is 0 Å². The van der Waals surface area contributed by atoms with Gasteiger partial charge >= 0.3 is 6.03 Å². The highest BCUT2D eigenvalue weighted by Crippen LogP contribution is 2.06. The van der Waals surface area contributed by atoms with E-state index in [0.717, 1.165) is 5.69 Å². The van der Waals surface area contributed by atoms with Crippen LogP contribution in [0.15, 0.2) is 43.0 Å². The lowest BCUT2D eigenvalue weighted by Gasteiger charge is -2.04. The summed E-state index contributed by atoms with van der Waals surface area (Å²) in [4.78, 5) is 18.1. The van der Waals surface area contributed by atoms with Crippen LogP contribution in [-0.2, 0) is 0 Å². The van der Waals surface area contributed by atoms with Crippen molar-refractivity contribution in [3.63, 3.8) is 0 Å². The highest BCUT2D eigenvalue weighted by Gasteiger charge is 2.01. The highest BCUT2D eigenvalue weighted by molar-refractivity contribution is 5.99. The Bertz CT molecular complexity index is 424. The van der Waals surface area contributed by atoms with Crippen LogP contribution >= 0.6 is 0 Å². The molecule has 0 saturated heterocycles. The van der Waals surface area contributed by atoms with Crippen molar-refractivity contribution in [1.82, 2.24) is 9.97 Å². The first-order chi connectivity index (χ1) is 7.34. The molecular formula is C10H10N4O.